The SMILES string of the molecule is Cc1c(N2C[C@@H]3COC[C@]3(CN)C2)c(F)cn2c(=O)c(C(=O)O)cc(C3CC3)c12. The number of ether oxygens (including phenoxy) is 1. The van der Waals surface area contributed by atoms with Crippen molar-refractivity contribution in [1.82, 2.24) is 4.40 Å². The van der Waals surface area contributed by atoms with Gasteiger partial charge in [-0.2, -0.15) is 0 Å². The first-order valence-electron chi connectivity index (χ1n) is 10.0. The molecular weight excluding hydrogens is 377 g/mol. The lowest BCUT2D eigenvalue weighted by Gasteiger charge is -2.27. The van der Waals surface area contributed by atoms with Crippen molar-refractivity contribution in [3.8, 4) is 0 Å². The van der Waals surface area contributed by atoms with E-state index in [9.17, 15) is 14.7 Å². The van der Waals surface area contributed by atoms with Crippen molar-refractivity contribution in [2.45, 2.75) is 25.7 Å². The van der Waals surface area contributed by atoms with Gasteiger partial charge >= 0.3 is 5.97 Å². The molecule has 0 unspecified atom stereocenters. The Morgan fingerprint density at radius 2 is 2.21 bits per heavy atom. The average Bonchev–Trinajstić information content (AvgIpc) is 3.34. The van der Waals surface area contributed by atoms with E-state index < -0.39 is 17.3 Å². The van der Waals surface area contributed by atoms with Crippen LogP contribution >= 0.6 is 0 Å². The molecule has 4 heterocycles. The number of carboxylic acid groups (broad SMARTS) is 1. The molecule has 3 N–H and O–H groups in total. The van der Waals surface area contributed by atoms with Crippen LogP contribution in [0.1, 0.15) is 40.2 Å². The van der Waals surface area contributed by atoms with Crippen molar-refractivity contribution >= 4 is 17.2 Å². The maximum Gasteiger partial charge on any atom is 0.341 e. The highest BCUT2D eigenvalue weighted by Crippen LogP contribution is 2.46. The van der Waals surface area contributed by atoms with Gasteiger partial charge in [0.2, 0.25) is 0 Å². The minimum Gasteiger partial charge on any atom is -0.477 e. The number of halogens is 1. The molecule has 1 saturated carbocycles. The molecule has 2 aromatic heterocycles. The molecule has 7 nitrogen and oxygen atoms in total. The fraction of sp³-hybridized carbons (Fsp3) is 0.524. The highest BCUT2D eigenvalue weighted by molar-refractivity contribution is 5.89. The van der Waals surface area contributed by atoms with E-state index in [4.69, 9.17) is 10.5 Å². The summed E-state index contributed by atoms with van der Waals surface area (Å²) in [5, 5.41) is 9.43. The van der Waals surface area contributed by atoms with E-state index >= 15 is 4.39 Å². The molecule has 2 aliphatic heterocycles. The number of rotatable bonds is 4. The van der Waals surface area contributed by atoms with Gasteiger partial charge in [0.1, 0.15) is 5.56 Å². The standard InChI is InChI=1S/C21H24FN3O4/c1-11-17-14(12-2-3-12)4-15(20(27)28)19(26)25(17)6-16(22)18(11)24-5-13-7-29-10-21(13,8-23)9-24/h4,6,12-13H,2-3,5,7-10,23H2,1H3,(H,27,28)/t13-,21+/m1/s1. The van der Waals surface area contributed by atoms with Crippen LogP contribution in [0.5, 0.6) is 0 Å². The summed E-state index contributed by atoms with van der Waals surface area (Å²) in [4.78, 5) is 26.3. The quantitative estimate of drug-likeness (QED) is 0.810. The molecule has 3 aliphatic rings. The Kier molecular flexibility index (Phi) is 4.02. The number of hydrogen-bond acceptors (Lipinski definition) is 5. The van der Waals surface area contributed by atoms with E-state index in [1.54, 1.807) is 0 Å². The first kappa shape index (κ1) is 18.6. The van der Waals surface area contributed by atoms with Crippen molar-refractivity contribution in [3.05, 3.63) is 45.1 Å². The Morgan fingerprint density at radius 3 is 2.83 bits per heavy atom. The van der Waals surface area contributed by atoms with Crippen molar-refractivity contribution in [2.24, 2.45) is 17.1 Å². The van der Waals surface area contributed by atoms with Gasteiger partial charge in [-0.3, -0.25) is 9.20 Å². The third-order valence-electron chi connectivity index (χ3n) is 6.93. The zero-order valence-electron chi connectivity index (χ0n) is 16.3. The van der Waals surface area contributed by atoms with E-state index in [2.05, 4.69) is 0 Å². The second-order valence-corrected chi connectivity index (χ2v) is 8.73. The fourth-order valence-electron chi connectivity index (χ4n) is 5.18. The predicted octanol–water partition coefficient (Wildman–Crippen LogP) is 1.73. The number of nitrogens with zero attached hydrogens (tertiary/aromatic N) is 2. The monoisotopic (exact) mass is 401 g/mol. The molecule has 8 heteroatoms. The lowest BCUT2D eigenvalue weighted by Crippen LogP contribution is -2.38. The molecule has 29 heavy (non-hydrogen) atoms. The molecule has 1 aliphatic carbocycles. The molecule has 2 atom stereocenters. The van der Waals surface area contributed by atoms with E-state index in [0.717, 1.165) is 24.6 Å². The fourth-order valence-corrected chi connectivity index (χ4v) is 5.18. The minimum atomic E-state index is -1.29. The number of aromatic carboxylic acids is 1. The molecule has 0 aromatic carbocycles. The van der Waals surface area contributed by atoms with Crippen molar-refractivity contribution in [3.63, 3.8) is 0 Å². The summed E-state index contributed by atoms with van der Waals surface area (Å²) in [6.45, 7) is 4.76. The Bertz CT molecular complexity index is 1090. The van der Waals surface area contributed by atoms with Crippen molar-refractivity contribution in [1.29, 1.82) is 0 Å². The Labute approximate surface area is 166 Å². The first-order chi connectivity index (χ1) is 13.9. The number of carbonyl (C=O) groups is 1. The topological polar surface area (TPSA) is 97.3 Å². The van der Waals surface area contributed by atoms with Gasteiger partial charge in [0, 0.05) is 31.0 Å². The van der Waals surface area contributed by atoms with Gasteiger partial charge < -0.3 is 20.5 Å². The summed E-state index contributed by atoms with van der Waals surface area (Å²) in [5.74, 6) is -1.34. The van der Waals surface area contributed by atoms with Crippen LogP contribution in [0.2, 0.25) is 0 Å². The van der Waals surface area contributed by atoms with Gasteiger partial charge in [0.15, 0.2) is 5.82 Å². The number of aromatic nitrogens is 1. The van der Waals surface area contributed by atoms with E-state index in [0.29, 0.717) is 49.6 Å². The highest BCUT2D eigenvalue weighted by atomic mass is 19.1. The number of anilines is 1. The van der Waals surface area contributed by atoms with Crippen LogP contribution in [-0.2, 0) is 4.74 Å². The van der Waals surface area contributed by atoms with Gasteiger partial charge in [0.25, 0.3) is 5.56 Å². The van der Waals surface area contributed by atoms with E-state index in [1.165, 1.54) is 10.5 Å². The third kappa shape index (κ3) is 2.62. The van der Waals surface area contributed by atoms with Crippen molar-refractivity contribution in [2.75, 3.05) is 37.7 Å². The zero-order valence-corrected chi connectivity index (χ0v) is 16.3. The molecule has 3 fully saturated rings. The average molecular weight is 401 g/mol. The molecule has 0 amide bonds. The smallest absolute Gasteiger partial charge is 0.341 e. The lowest BCUT2D eigenvalue weighted by atomic mass is 9.81. The summed E-state index contributed by atoms with van der Waals surface area (Å²) < 4.78 is 22.1. The number of hydrogen-bond donors (Lipinski definition) is 2. The summed E-state index contributed by atoms with van der Waals surface area (Å²) in [7, 11) is 0. The van der Waals surface area contributed by atoms with Gasteiger partial charge in [0.05, 0.1) is 30.6 Å². The van der Waals surface area contributed by atoms with Crippen LogP contribution in [-0.4, -0.2) is 48.3 Å². The molecule has 0 radical (unpaired) electrons. The van der Waals surface area contributed by atoms with Gasteiger partial charge in [-0.25, -0.2) is 9.18 Å². The predicted molar refractivity (Wildman–Crippen MR) is 105 cm³/mol. The summed E-state index contributed by atoms with van der Waals surface area (Å²) >= 11 is 0. The zero-order chi connectivity index (χ0) is 20.5. The molecule has 154 valence electrons. The number of fused-ring (bicyclic) bond motifs is 2. The van der Waals surface area contributed by atoms with Crippen LogP contribution < -0.4 is 16.2 Å². The molecule has 0 spiro atoms. The molecule has 5 rings (SSSR count). The second kappa shape index (κ2) is 6.27. The van der Waals surface area contributed by atoms with Gasteiger partial charge in [-0.15, -0.1) is 0 Å². The van der Waals surface area contributed by atoms with Crippen LogP contribution in [0, 0.1) is 24.1 Å². The normalized spacial score (nSPS) is 26.3. The number of pyridine rings is 2. The summed E-state index contributed by atoms with van der Waals surface area (Å²) in [5.41, 5.74) is 7.48. The third-order valence-corrected chi connectivity index (χ3v) is 6.93. The Morgan fingerprint density at radius 1 is 1.45 bits per heavy atom. The Balaban J connectivity index is 1.71. The number of nitrogens with two attached hydrogens (primary N) is 1. The number of carboxylic acids is 1. The highest BCUT2D eigenvalue weighted by Gasteiger charge is 2.50. The maximum absolute atomic E-state index is 15.3. The Hall–Kier alpha value is -2.45. The van der Waals surface area contributed by atoms with E-state index in [1.807, 2.05) is 11.8 Å². The summed E-state index contributed by atoms with van der Waals surface area (Å²) in [6.07, 6.45) is 3.04. The molecule has 0 bridgehead atoms. The molecular formula is C21H24FN3O4. The van der Waals surface area contributed by atoms with E-state index in [-0.39, 0.29) is 22.8 Å². The minimum absolute atomic E-state index is 0.169. The van der Waals surface area contributed by atoms with Crippen LogP contribution in [0.3, 0.4) is 0 Å². The molecule has 2 saturated heterocycles. The van der Waals surface area contributed by atoms with Crippen LogP contribution in [0.15, 0.2) is 17.1 Å². The van der Waals surface area contributed by atoms with Gasteiger partial charge in [-0.1, -0.05) is 0 Å². The van der Waals surface area contributed by atoms with Crippen LogP contribution in [0.25, 0.3) is 5.52 Å². The maximum atomic E-state index is 15.3. The van der Waals surface area contributed by atoms with Gasteiger partial charge in [-0.05, 0) is 42.9 Å². The second-order valence-electron chi connectivity index (χ2n) is 8.73. The van der Waals surface area contributed by atoms with Crippen LogP contribution in [0.4, 0.5) is 10.1 Å². The summed E-state index contributed by atoms with van der Waals surface area (Å²) in [6, 6.07) is 1.49. The lowest BCUT2D eigenvalue weighted by molar-refractivity contribution is 0.0694. The largest absolute Gasteiger partial charge is 0.477 e. The number of aryl methyl sites for hydroxylation is 1. The molecule has 2 aromatic rings. The first-order valence-corrected chi connectivity index (χ1v) is 10.0. The van der Waals surface area contributed by atoms with Crippen molar-refractivity contribution < 1.29 is 19.0 Å².